The third kappa shape index (κ3) is 5.94. The number of thiazole rings is 1. The number of urea groups is 1. The molecule has 0 spiro atoms. The lowest BCUT2D eigenvalue weighted by Crippen LogP contribution is -2.39. The molecule has 3 amide bonds. The van der Waals surface area contributed by atoms with E-state index >= 15 is 0 Å². The molecule has 1 heterocycles. The third-order valence-electron chi connectivity index (χ3n) is 4.53. The Morgan fingerprint density at radius 2 is 2.00 bits per heavy atom. The molecule has 0 bridgehead atoms. The average Bonchev–Trinajstić information content (AvgIpc) is 3.05. The van der Waals surface area contributed by atoms with Crippen molar-refractivity contribution in [3.05, 3.63) is 39.9 Å². The summed E-state index contributed by atoms with van der Waals surface area (Å²) in [6.07, 6.45) is 5.75. The Morgan fingerprint density at radius 3 is 2.78 bits per heavy atom. The molecule has 3 rings (SSSR count). The quantitative estimate of drug-likeness (QED) is 0.670. The van der Waals surface area contributed by atoms with Crippen molar-refractivity contribution in [2.45, 2.75) is 51.5 Å². The van der Waals surface area contributed by atoms with Gasteiger partial charge in [-0.25, -0.2) is 9.78 Å². The standard InChI is InChI=1S/C19H23ClN4O2S/c1-12-7-8-13(20)9-16(12)23-17(25)10-15-11-27-19(22-15)24-18(26)21-14-5-3-2-4-6-14/h7-9,11,14H,2-6,10H2,1H3,(H,23,25)(H2,21,22,24,26). The molecule has 144 valence electrons. The molecule has 3 N–H and O–H groups in total. The topological polar surface area (TPSA) is 83.1 Å². The molecule has 2 aromatic rings. The highest BCUT2D eigenvalue weighted by molar-refractivity contribution is 7.13. The van der Waals surface area contributed by atoms with Crippen LogP contribution in [0.5, 0.6) is 0 Å². The van der Waals surface area contributed by atoms with Gasteiger partial charge >= 0.3 is 6.03 Å². The van der Waals surface area contributed by atoms with Crippen molar-refractivity contribution in [2.75, 3.05) is 10.6 Å². The van der Waals surface area contributed by atoms with Crippen LogP contribution < -0.4 is 16.0 Å². The largest absolute Gasteiger partial charge is 0.335 e. The third-order valence-corrected chi connectivity index (χ3v) is 5.57. The highest BCUT2D eigenvalue weighted by atomic mass is 35.5. The van der Waals surface area contributed by atoms with E-state index < -0.39 is 0 Å². The fourth-order valence-electron chi connectivity index (χ4n) is 3.10. The van der Waals surface area contributed by atoms with E-state index in [1.54, 1.807) is 17.5 Å². The molecule has 0 unspecified atom stereocenters. The number of carbonyl (C=O) groups is 2. The predicted molar refractivity (Wildman–Crippen MR) is 110 cm³/mol. The summed E-state index contributed by atoms with van der Waals surface area (Å²) < 4.78 is 0. The summed E-state index contributed by atoms with van der Waals surface area (Å²) in [5.74, 6) is -0.177. The second-order valence-corrected chi connectivity index (χ2v) is 8.06. The first-order valence-corrected chi connectivity index (χ1v) is 10.3. The number of aromatic nitrogens is 1. The van der Waals surface area contributed by atoms with Gasteiger partial charge in [-0.2, -0.15) is 0 Å². The normalized spacial score (nSPS) is 14.6. The van der Waals surface area contributed by atoms with Gasteiger partial charge in [0.15, 0.2) is 5.13 Å². The summed E-state index contributed by atoms with van der Waals surface area (Å²) in [6, 6.07) is 5.36. The van der Waals surface area contributed by atoms with E-state index in [2.05, 4.69) is 20.9 Å². The Bertz CT molecular complexity index is 818. The predicted octanol–water partition coefficient (Wildman–Crippen LogP) is 4.74. The minimum Gasteiger partial charge on any atom is -0.335 e. The van der Waals surface area contributed by atoms with Gasteiger partial charge < -0.3 is 10.6 Å². The van der Waals surface area contributed by atoms with Crippen LogP contribution in [-0.2, 0) is 11.2 Å². The van der Waals surface area contributed by atoms with Gasteiger partial charge in [-0.3, -0.25) is 10.1 Å². The zero-order chi connectivity index (χ0) is 19.2. The maximum atomic E-state index is 12.3. The van der Waals surface area contributed by atoms with Crippen molar-refractivity contribution >= 4 is 45.7 Å². The van der Waals surface area contributed by atoms with E-state index in [4.69, 9.17) is 11.6 Å². The van der Waals surface area contributed by atoms with Crippen LogP contribution in [-0.4, -0.2) is 23.0 Å². The molecule has 1 aliphatic carbocycles. The van der Waals surface area contributed by atoms with Crippen molar-refractivity contribution in [1.29, 1.82) is 0 Å². The van der Waals surface area contributed by atoms with Crippen LogP contribution in [0.1, 0.15) is 43.4 Å². The summed E-state index contributed by atoms with van der Waals surface area (Å²) >= 11 is 7.28. The average molecular weight is 407 g/mol. The minimum atomic E-state index is -0.234. The lowest BCUT2D eigenvalue weighted by atomic mass is 9.96. The number of rotatable bonds is 5. The van der Waals surface area contributed by atoms with Gasteiger partial charge in [-0.15, -0.1) is 11.3 Å². The van der Waals surface area contributed by atoms with Crippen LogP contribution in [0.2, 0.25) is 5.02 Å². The Hall–Kier alpha value is -2.12. The fourth-order valence-corrected chi connectivity index (χ4v) is 3.98. The summed E-state index contributed by atoms with van der Waals surface area (Å²) in [6.45, 7) is 1.90. The number of anilines is 2. The van der Waals surface area contributed by atoms with Crippen LogP contribution in [0, 0.1) is 6.92 Å². The SMILES string of the molecule is Cc1ccc(Cl)cc1NC(=O)Cc1csc(NC(=O)NC2CCCCC2)n1. The summed E-state index contributed by atoms with van der Waals surface area (Å²) in [4.78, 5) is 28.7. The van der Waals surface area contributed by atoms with Crippen LogP contribution in [0.25, 0.3) is 0 Å². The number of nitrogens with zero attached hydrogens (tertiary/aromatic N) is 1. The van der Waals surface area contributed by atoms with Gasteiger partial charge in [0.1, 0.15) is 0 Å². The van der Waals surface area contributed by atoms with E-state index in [-0.39, 0.29) is 24.4 Å². The van der Waals surface area contributed by atoms with Gasteiger partial charge in [0.2, 0.25) is 5.91 Å². The lowest BCUT2D eigenvalue weighted by molar-refractivity contribution is -0.115. The maximum absolute atomic E-state index is 12.3. The van der Waals surface area contributed by atoms with Crippen LogP contribution in [0.15, 0.2) is 23.6 Å². The molecule has 1 fully saturated rings. The number of halogens is 1. The zero-order valence-electron chi connectivity index (χ0n) is 15.2. The van der Waals surface area contributed by atoms with E-state index in [0.29, 0.717) is 21.5 Å². The van der Waals surface area contributed by atoms with Gasteiger partial charge in [0.25, 0.3) is 0 Å². The van der Waals surface area contributed by atoms with Gasteiger partial charge in [-0.05, 0) is 37.5 Å². The molecular weight excluding hydrogens is 384 g/mol. The molecule has 6 nitrogen and oxygen atoms in total. The van der Waals surface area contributed by atoms with E-state index in [9.17, 15) is 9.59 Å². The summed E-state index contributed by atoms with van der Waals surface area (Å²) in [5.41, 5.74) is 2.24. The molecular formula is C19H23ClN4O2S. The zero-order valence-corrected chi connectivity index (χ0v) is 16.8. The first-order valence-electron chi connectivity index (χ1n) is 9.07. The second-order valence-electron chi connectivity index (χ2n) is 6.76. The van der Waals surface area contributed by atoms with Crippen molar-refractivity contribution < 1.29 is 9.59 Å². The number of hydrogen-bond acceptors (Lipinski definition) is 4. The Kier molecular flexibility index (Phi) is 6.68. The van der Waals surface area contributed by atoms with Gasteiger partial charge in [-0.1, -0.05) is 36.9 Å². The lowest BCUT2D eigenvalue weighted by Gasteiger charge is -2.22. The van der Waals surface area contributed by atoms with E-state index in [0.717, 1.165) is 31.2 Å². The maximum Gasteiger partial charge on any atom is 0.321 e. The molecule has 8 heteroatoms. The van der Waals surface area contributed by atoms with Crippen LogP contribution >= 0.6 is 22.9 Å². The molecule has 0 radical (unpaired) electrons. The van der Waals surface area contributed by atoms with Crippen molar-refractivity contribution in [1.82, 2.24) is 10.3 Å². The van der Waals surface area contributed by atoms with Crippen molar-refractivity contribution in [3.63, 3.8) is 0 Å². The molecule has 1 aromatic heterocycles. The Balaban J connectivity index is 1.50. The molecule has 0 atom stereocenters. The first-order chi connectivity index (χ1) is 13.0. The number of aryl methyl sites for hydroxylation is 1. The number of hydrogen-bond donors (Lipinski definition) is 3. The Morgan fingerprint density at radius 1 is 1.22 bits per heavy atom. The first kappa shape index (κ1) is 19.6. The molecule has 0 saturated heterocycles. The molecule has 1 aliphatic rings. The highest BCUT2D eigenvalue weighted by Crippen LogP contribution is 2.21. The number of benzene rings is 1. The van der Waals surface area contributed by atoms with Gasteiger partial charge in [0.05, 0.1) is 12.1 Å². The van der Waals surface area contributed by atoms with Crippen molar-refractivity contribution in [3.8, 4) is 0 Å². The second kappa shape index (κ2) is 9.19. The van der Waals surface area contributed by atoms with Gasteiger partial charge in [0, 0.05) is 22.1 Å². The molecule has 0 aliphatic heterocycles. The molecule has 27 heavy (non-hydrogen) atoms. The number of amides is 3. The van der Waals surface area contributed by atoms with E-state index in [1.807, 2.05) is 13.0 Å². The molecule has 1 aromatic carbocycles. The van der Waals surface area contributed by atoms with Crippen LogP contribution in [0.4, 0.5) is 15.6 Å². The summed E-state index contributed by atoms with van der Waals surface area (Å²) in [5, 5.41) is 11.4. The number of nitrogens with one attached hydrogen (secondary N) is 3. The molecule has 1 saturated carbocycles. The Labute approximate surface area is 167 Å². The minimum absolute atomic E-state index is 0.133. The smallest absolute Gasteiger partial charge is 0.321 e. The van der Waals surface area contributed by atoms with E-state index in [1.165, 1.54) is 17.8 Å². The number of carbonyl (C=O) groups excluding carboxylic acids is 2. The van der Waals surface area contributed by atoms with Crippen LogP contribution in [0.3, 0.4) is 0 Å². The van der Waals surface area contributed by atoms with Crippen molar-refractivity contribution in [2.24, 2.45) is 0 Å². The fraction of sp³-hybridized carbons (Fsp3) is 0.421. The summed E-state index contributed by atoms with van der Waals surface area (Å²) in [7, 11) is 0. The highest BCUT2D eigenvalue weighted by Gasteiger charge is 2.16. The monoisotopic (exact) mass is 406 g/mol.